The van der Waals surface area contributed by atoms with Crippen molar-refractivity contribution < 1.29 is 9.90 Å². The molecular weight excluding hydrogens is 254 g/mol. The maximum Gasteiger partial charge on any atom is 0.319 e. The third-order valence-electron chi connectivity index (χ3n) is 3.70. The van der Waals surface area contributed by atoms with Gasteiger partial charge in [-0.3, -0.25) is 0 Å². The first-order chi connectivity index (χ1) is 9.69. The fourth-order valence-corrected chi connectivity index (χ4v) is 2.49. The summed E-state index contributed by atoms with van der Waals surface area (Å²) in [4.78, 5) is 13.8. The van der Waals surface area contributed by atoms with Gasteiger partial charge in [0.1, 0.15) is 5.75 Å². The second-order valence-corrected chi connectivity index (χ2v) is 5.21. The molecule has 2 amide bonds. The van der Waals surface area contributed by atoms with Crippen LogP contribution in [0.3, 0.4) is 0 Å². The zero-order valence-electron chi connectivity index (χ0n) is 12.0. The van der Waals surface area contributed by atoms with E-state index in [1.807, 2.05) is 12.1 Å². The molecule has 1 heterocycles. The molecule has 5 heteroatoms. The van der Waals surface area contributed by atoms with Gasteiger partial charge in [-0.25, -0.2) is 4.79 Å². The maximum absolute atomic E-state index is 11.3. The normalized spacial score (nSPS) is 15.8. The van der Waals surface area contributed by atoms with E-state index in [0.29, 0.717) is 5.69 Å². The molecule has 0 radical (unpaired) electrons. The Morgan fingerprint density at radius 1 is 1.30 bits per heavy atom. The summed E-state index contributed by atoms with van der Waals surface area (Å²) < 4.78 is 0. The van der Waals surface area contributed by atoms with Gasteiger partial charge in [-0.2, -0.15) is 0 Å². The summed E-state index contributed by atoms with van der Waals surface area (Å²) in [6, 6.07) is 5.06. The quantitative estimate of drug-likeness (QED) is 0.739. The molecule has 5 nitrogen and oxygen atoms in total. The van der Waals surface area contributed by atoms with Crippen LogP contribution in [0.1, 0.15) is 24.8 Å². The first-order valence-corrected chi connectivity index (χ1v) is 7.22. The maximum atomic E-state index is 11.3. The Balaban J connectivity index is 1.94. The van der Waals surface area contributed by atoms with Gasteiger partial charge < -0.3 is 20.6 Å². The van der Waals surface area contributed by atoms with Crippen LogP contribution in [0.25, 0.3) is 0 Å². The average Bonchev–Trinajstić information content (AvgIpc) is 2.49. The number of likely N-dealkylation sites (tertiary alicyclic amines) is 1. The molecule has 1 saturated heterocycles. The molecule has 1 aliphatic rings. The van der Waals surface area contributed by atoms with Gasteiger partial charge in [-0.15, -0.1) is 0 Å². The molecule has 1 aromatic carbocycles. The molecule has 1 fully saturated rings. The van der Waals surface area contributed by atoms with E-state index in [1.165, 1.54) is 32.4 Å². The molecule has 1 aliphatic heterocycles. The van der Waals surface area contributed by atoms with Crippen LogP contribution in [0.5, 0.6) is 5.75 Å². The number of rotatable bonds is 4. The molecule has 0 aromatic heterocycles. The van der Waals surface area contributed by atoms with Crippen molar-refractivity contribution in [1.82, 2.24) is 10.2 Å². The number of hydrogen-bond acceptors (Lipinski definition) is 3. The van der Waals surface area contributed by atoms with Crippen molar-refractivity contribution in [3.63, 3.8) is 0 Å². The molecule has 1 aromatic rings. The van der Waals surface area contributed by atoms with Crippen LogP contribution < -0.4 is 10.6 Å². The number of phenols is 1. The number of piperidine rings is 1. The van der Waals surface area contributed by atoms with E-state index in [1.54, 1.807) is 13.1 Å². The Morgan fingerprint density at radius 2 is 2.05 bits per heavy atom. The number of nitrogens with one attached hydrogen (secondary N) is 2. The van der Waals surface area contributed by atoms with Crippen LogP contribution in [-0.4, -0.2) is 42.7 Å². The number of urea groups is 1. The summed E-state index contributed by atoms with van der Waals surface area (Å²) in [5, 5.41) is 14.8. The molecule has 110 valence electrons. The zero-order valence-corrected chi connectivity index (χ0v) is 12.0. The average molecular weight is 277 g/mol. The molecule has 0 saturated carbocycles. The number of hydrogen-bond donors (Lipinski definition) is 3. The van der Waals surface area contributed by atoms with Crippen LogP contribution >= 0.6 is 0 Å². The topological polar surface area (TPSA) is 64.6 Å². The lowest BCUT2D eigenvalue weighted by molar-refractivity contribution is 0.231. The summed E-state index contributed by atoms with van der Waals surface area (Å²) in [7, 11) is 1.55. The summed E-state index contributed by atoms with van der Waals surface area (Å²) in [6.45, 7) is 3.40. The highest BCUT2D eigenvalue weighted by Gasteiger charge is 2.11. The van der Waals surface area contributed by atoms with Crippen molar-refractivity contribution >= 4 is 11.7 Å². The van der Waals surface area contributed by atoms with Crippen molar-refractivity contribution in [2.24, 2.45) is 0 Å². The van der Waals surface area contributed by atoms with Gasteiger partial charge >= 0.3 is 6.03 Å². The number of benzene rings is 1. The lowest BCUT2D eigenvalue weighted by Gasteiger charge is -2.26. The highest BCUT2D eigenvalue weighted by atomic mass is 16.3. The minimum Gasteiger partial charge on any atom is -0.506 e. The van der Waals surface area contributed by atoms with E-state index >= 15 is 0 Å². The van der Waals surface area contributed by atoms with Crippen LogP contribution in [0.15, 0.2) is 18.2 Å². The second kappa shape index (κ2) is 7.14. The minimum absolute atomic E-state index is 0.0929. The van der Waals surface area contributed by atoms with Crippen molar-refractivity contribution in [3.05, 3.63) is 23.8 Å². The SMILES string of the molecule is CNC(=O)Nc1cc(CCN2CCCCC2)ccc1O. The van der Waals surface area contributed by atoms with Crippen LogP contribution in [-0.2, 0) is 6.42 Å². The van der Waals surface area contributed by atoms with Gasteiger partial charge in [0.2, 0.25) is 0 Å². The number of aromatic hydroxyl groups is 1. The van der Waals surface area contributed by atoms with E-state index in [2.05, 4.69) is 15.5 Å². The Labute approximate surface area is 120 Å². The predicted molar refractivity (Wildman–Crippen MR) is 80.2 cm³/mol. The second-order valence-electron chi connectivity index (χ2n) is 5.21. The molecule has 3 N–H and O–H groups in total. The lowest BCUT2D eigenvalue weighted by Crippen LogP contribution is -2.31. The molecule has 0 aliphatic carbocycles. The number of phenolic OH excluding ortho intramolecular Hbond substituents is 1. The highest BCUT2D eigenvalue weighted by Crippen LogP contribution is 2.24. The van der Waals surface area contributed by atoms with Crippen molar-refractivity contribution in [1.29, 1.82) is 0 Å². The van der Waals surface area contributed by atoms with Gasteiger partial charge in [-0.1, -0.05) is 12.5 Å². The number of amides is 2. The smallest absolute Gasteiger partial charge is 0.319 e. The number of anilines is 1. The lowest BCUT2D eigenvalue weighted by atomic mass is 10.1. The van der Waals surface area contributed by atoms with Gasteiger partial charge in [0.15, 0.2) is 0 Å². The molecule has 20 heavy (non-hydrogen) atoms. The summed E-state index contributed by atoms with van der Waals surface area (Å²) >= 11 is 0. The third kappa shape index (κ3) is 4.13. The van der Waals surface area contributed by atoms with E-state index < -0.39 is 0 Å². The van der Waals surface area contributed by atoms with Gasteiger partial charge in [0.25, 0.3) is 0 Å². The fourth-order valence-electron chi connectivity index (χ4n) is 2.49. The Hall–Kier alpha value is -1.75. The number of carbonyl (C=O) groups excluding carboxylic acids is 1. The third-order valence-corrected chi connectivity index (χ3v) is 3.70. The zero-order chi connectivity index (χ0) is 14.4. The number of nitrogens with zero attached hydrogens (tertiary/aromatic N) is 1. The molecule has 0 spiro atoms. The molecule has 0 atom stereocenters. The minimum atomic E-state index is -0.325. The summed E-state index contributed by atoms with van der Waals surface area (Å²) in [5.74, 6) is 0.0929. The predicted octanol–water partition coefficient (Wildman–Crippen LogP) is 2.17. The standard InChI is InChI=1S/C15H23N3O2/c1-16-15(20)17-13-11-12(5-6-14(13)19)7-10-18-8-3-2-4-9-18/h5-6,11,19H,2-4,7-10H2,1H3,(H2,16,17,20). The van der Waals surface area contributed by atoms with Crippen LogP contribution in [0.2, 0.25) is 0 Å². The van der Waals surface area contributed by atoms with E-state index in [-0.39, 0.29) is 11.8 Å². The summed E-state index contributed by atoms with van der Waals surface area (Å²) in [5.41, 5.74) is 1.58. The van der Waals surface area contributed by atoms with Crippen molar-refractivity contribution in [3.8, 4) is 5.75 Å². The molecule has 0 bridgehead atoms. The number of carbonyl (C=O) groups is 1. The Kier molecular flexibility index (Phi) is 5.24. The fraction of sp³-hybridized carbons (Fsp3) is 0.533. The first-order valence-electron chi connectivity index (χ1n) is 7.22. The van der Waals surface area contributed by atoms with Gasteiger partial charge in [-0.05, 0) is 50.0 Å². The van der Waals surface area contributed by atoms with Crippen LogP contribution in [0, 0.1) is 0 Å². The van der Waals surface area contributed by atoms with Crippen molar-refractivity contribution in [2.75, 3.05) is 32.0 Å². The Bertz CT molecular complexity index is 456. The first kappa shape index (κ1) is 14.7. The Morgan fingerprint density at radius 3 is 2.75 bits per heavy atom. The van der Waals surface area contributed by atoms with Gasteiger partial charge in [0.05, 0.1) is 5.69 Å². The molecular formula is C15H23N3O2. The van der Waals surface area contributed by atoms with E-state index in [4.69, 9.17) is 0 Å². The van der Waals surface area contributed by atoms with E-state index in [0.717, 1.165) is 18.5 Å². The molecule has 0 unspecified atom stereocenters. The largest absolute Gasteiger partial charge is 0.506 e. The van der Waals surface area contributed by atoms with Crippen LogP contribution in [0.4, 0.5) is 10.5 Å². The highest BCUT2D eigenvalue weighted by molar-refractivity contribution is 5.90. The monoisotopic (exact) mass is 277 g/mol. The van der Waals surface area contributed by atoms with E-state index in [9.17, 15) is 9.90 Å². The molecule has 2 rings (SSSR count). The van der Waals surface area contributed by atoms with Gasteiger partial charge in [0, 0.05) is 13.6 Å². The van der Waals surface area contributed by atoms with Crippen molar-refractivity contribution in [2.45, 2.75) is 25.7 Å². The summed E-state index contributed by atoms with van der Waals surface area (Å²) in [6.07, 6.45) is 4.86.